The highest BCUT2D eigenvalue weighted by atomic mass is 16.5. The van der Waals surface area contributed by atoms with E-state index in [4.69, 9.17) is 15.2 Å². The second-order valence-electron chi connectivity index (χ2n) is 3.86. The molecule has 100 valence electrons. The Bertz CT molecular complexity index is 394. The number of benzene rings is 1. The van der Waals surface area contributed by atoms with Crippen LogP contribution in [0.1, 0.15) is 19.3 Å². The second-order valence-corrected chi connectivity index (χ2v) is 3.86. The van der Waals surface area contributed by atoms with Crippen LogP contribution < -0.4 is 20.5 Å². The highest BCUT2D eigenvalue weighted by Crippen LogP contribution is 2.29. The van der Waals surface area contributed by atoms with Crippen LogP contribution in [0, 0.1) is 0 Å². The van der Waals surface area contributed by atoms with E-state index in [1.165, 1.54) is 0 Å². The van der Waals surface area contributed by atoms with Crippen molar-refractivity contribution in [2.24, 2.45) is 5.73 Å². The first kappa shape index (κ1) is 14.3. The van der Waals surface area contributed by atoms with Gasteiger partial charge in [-0.05, 0) is 31.5 Å². The van der Waals surface area contributed by atoms with Gasteiger partial charge >= 0.3 is 0 Å². The number of unbranched alkanes of at least 4 members (excludes halogenated alkanes) is 1. The third-order valence-corrected chi connectivity index (χ3v) is 2.54. The molecular weight excluding hydrogens is 232 g/mol. The Morgan fingerprint density at radius 1 is 1.28 bits per heavy atom. The summed E-state index contributed by atoms with van der Waals surface area (Å²) >= 11 is 0. The molecule has 0 bridgehead atoms. The molecule has 0 aromatic heterocycles. The van der Waals surface area contributed by atoms with Crippen LogP contribution in [0.5, 0.6) is 11.5 Å². The Kier molecular flexibility index (Phi) is 6.00. The maximum atomic E-state index is 11.7. The van der Waals surface area contributed by atoms with Gasteiger partial charge in [-0.3, -0.25) is 4.79 Å². The number of carbonyl (C=O) groups excluding carboxylic acids is 1. The lowest BCUT2D eigenvalue weighted by atomic mass is 10.2. The quantitative estimate of drug-likeness (QED) is 0.725. The summed E-state index contributed by atoms with van der Waals surface area (Å²) in [5, 5.41) is 2.81. The maximum absolute atomic E-state index is 11.7. The summed E-state index contributed by atoms with van der Waals surface area (Å²) in [6.07, 6.45) is 2.11. The fourth-order valence-corrected chi connectivity index (χ4v) is 1.54. The van der Waals surface area contributed by atoms with Crippen LogP contribution in [-0.2, 0) is 4.79 Å². The first-order valence-corrected chi connectivity index (χ1v) is 5.93. The molecule has 0 aliphatic heterocycles. The van der Waals surface area contributed by atoms with Gasteiger partial charge in [0, 0.05) is 12.5 Å². The first-order valence-electron chi connectivity index (χ1n) is 5.93. The van der Waals surface area contributed by atoms with Gasteiger partial charge in [-0.1, -0.05) is 0 Å². The van der Waals surface area contributed by atoms with Crippen molar-refractivity contribution in [2.75, 3.05) is 26.1 Å². The van der Waals surface area contributed by atoms with E-state index in [1.807, 2.05) is 0 Å². The number of nitrogens with one attached hydrogen (secondary N) is 1. The predicted molar refractivity (Wildman–Crippen MR) is 71.1 cm³/mol. The third kappa shape index (κ3) is 4.25. The molecule has 1 aromatic rings. The molecule has 0 radical (unpaired) electrons. The lowest BCUT2D eigenvalue weighted by Crippen LogP contribution is -2.12. The normalized spacial score (nSPS) is 9.94. The third-order valence-electron chi connectivity index (χ3n) is 2.54. The molecule has 0 fully saturated rings. The minimum atomic E-state index is -0.0353. The van der Waals surface area contributed by atoms with Crippen molar-refractivity contribution in [3.8, 4) is 11.5 Å². The molecule has 0 aliphatic carbocycles. The molecule has 0 unspecified atom stereocenters. The second kappa shape index (κ2) is 7.55. The number of hydrogen-bond donors (Lipinski definition) is 2. The van der Waals surface area contributed by atoms with Gasteiger partial charge in [0.05, 0.1) is 19.9 Å². The van der Waals surface area contributed by atoms with Gasteiger partial charge < -0.3 is 20.5 Å². The Hall–Kier alpha value is -1.75. The number of methoxy groups -OCH3 is 2. The average Bonchev–Trinajstić information content (AvgIpc) is 2.39. The van der Waals surface area contributed by atoms with E-state index in [1.54, 1.807) is 32.4 Å². The Morgan fingerprint density at radius 2 is 2.06 bits per heavy atom. The van der Waals surface area contributed by atoms with Crippen molar-refractivity contribution in [3.63, 3.8) is 0 Å². The summed E-state index contributed by atoms with van der Waals surface area (Å²) in [7, 11) is 3.14. The first-order chi connectivity index (χ1) is 8.71. The van der Waals surface area contributed by atoms with Crippen molar-refractivity contribution >= 4 is 11.6 Å². The van der Waals surface area contributed by atoms with E-state index in [-0.39, 0.29) is 5.91 Å². The maximum Gasteiger partial charge on any atom is 0.224 e. The van der Waals surface area contributed by atoms with Crippen LogP contribution in [-0.4, -0.2) is 26.7 Å². The summed E-state index contributed by atoms with van der Waals surface area (Å²) in [6, 6.07) is 5.27. The molecule has 0 atom stereocenters. The van der Waals surface area contributed by atoms with Crippen LogP contribution in [0.4, 0.5) is 5.69 Å². The number of nitrogens with two attached hydrogens (primary N) is 1. The number of anilines is 1. The molecule has 5 nitrogen and oxygen atoms in total. The Labute approximate surface area is 107 Å². The predicted octanol–water partition coefficient (Wildman–Crippen LogP) is 1.77. The molecule has 1 amide bonds. The Morgan fingerprint density at radius 3 is 2.67 bits per heavy atom. The summed E-state index contributed by atoms with van der Waals surface area (Å²) in [6.45, 7) is 0.610. The van der Waals surface area contributed by atoms with Gasteiger partial charge in [-0.25, -0.2) is 0 Å². The van der Waals surface area contributed by atoms with Crippen LogP contribution in [0.15, 0.2) is 18.2 Å². The summed E-state index contributed by atoms with van der Waals surface area (Å²) in [4.78, 5) is 11.7. The molecule has 3 N–H and O–H groups in total. The average molecular weight is 252 g/mol. The number of rotatable bonds is 7. The number of hydrogen-bond acceptors (Lipinski definition) is 4. The van der Waals surface area contributed by atoms with E-state index < -0.39 is 0 Å². The van der Waals surface area contributed by atoms with E-state index in [0.29, 0.717) is 30.2 Å². The lowest BCUT2D eigenvalue weighted by Gasteiger charge is -2.11. The van der Waals surface area contributed by atoms with Crippen LogP contribution >= 0.6 is 0 Å². The fraction of sp³-hybridized carbons (Fsp3) is 0.462. The van der Waals surface area contributed by atoms with Gasteiger partial charge in [-0.15, -0.1) is 0 Å². The molecule has 0 aliphatic rings. The minimum absolute atomic E-state index is 0.0353. The van der Waals surface area contributed by atoms with Crippen molar-refractivity contribution in [1.29, 1.82) is 0 Å². The van der Waals surface area contributed by atoms with Gasteiger partial charge in [-0.2, -0.15) is 0 Å². The van der Waals surface area contributed by atoms with E-state index in [2.05, 4.69) is 5.32 Å². The van der Waals surface area contributed by atoms with Gasteiger partial charge in [0.25, 0.3) is 0 Å². The van der Waals surface area contributed by atoms with Crippen molar-refractivity contribution in [1.82, 2.24) is 0 Å². The zero-order valence-corrected chi connectivity index (χ0v) is 10.9. The van der Waals surface area contributed by atoms with E-state index in [0.717, 1.165) is 12.8 Å². The Balaban J connectivity index is 2.63. The summed E-state index contributed by atoms with van der Waals surface area (Å²) in [5.74, 6) is 1.24. The van der Waals surface area contributed by atoms with Crippen molar-refractivity contribution in [2.45, 2.75) is 19.3 Å². The van der Waals surface area contributed by atoms with Crippen LogP contribution in [0.2, 0.25) is 0 Å². The molecule has 0 heterocycles. The molecular formula is C13H20N2O3. The standard InChI is InChI=1S/C13H20N2O3/c1-17-10-6-7-11(12(9-10)18-2)15-13(16)5-3-4-8-14/h6-7,9H,3-5,8,14H2,1-2H3,(H,15,16). The van der Waals surface area contributed by atoms with E-state index >= 15 is 0 Å². The number of amides is 1. The van der Waals surface area contributed by atoms with Gasteiger partial charge in [0.15, 0.2) is 0 Å². The largest absolute Gasteiger partial charge is 0.497 e. The molecule has 0 spiro atoms. The van der Waals surface area contributed by atoms with Crippen LogP contribution in [0.25, 0.3) is 0 Å². The number of carbonyl (C=O) groups is 1. The zero-order valence-electron chi connectivity index (χ0n) is 10.9. The molecule has 1 rings (SSSR count). The van der Waals surface area contributed by atoms with E-state index in [9.17, 15) is 4.79 Å². The molecule has 5 heteroatoms. The van der Waals surface area contributed by atoms with Crippen LogP contribution in [0.3, 0.4) is 0 Å². The monoisotopic (exact) mass is 252 g/mol. The smallest absolute Gasteiger partial charge is 0.224 e. The van der Waals surface area contributed by atoms with Crippen molar-refractivity contribution < 1.29 is 14.3 Å². The van der Waals surface area contributed by atoms with Gasteiger partial charge in [0.1, 0.15) is 11.5 Å². The topological polar surface area (TPSA) is 73.6 Å². The highest BCUT2D eigenvalue weighted by Gasteiger charge is 2.08. The fourth-order valence-electron chi connectivity index (χ4n) is 1.54. The molecule has 0 saturated heterocycles. The lowest BCUT2D eigenvalue weighted by molar-refractivity contribution is -0.116. The van der Waals surface area contributed by atoms with Crippen molar-refractivity contribution in [3.05, 3.63) is 18.2 Å². The molecule has 1 aromatic carbocycles. The molecule has 0 saturated carbocycles. The summed E-state index contributed by atoms with van der Waals surface area (Å²) in [5.41, 5.74) is 6.03. The van der Waals surface area contributed by atoms with Gasteiger partial charge in [0.2, 0.25) is 5.91 Å². The molecule has 18 heavy (non-hydrogen) atoms. The minimum Gasteiger partial charge on any atom is -0.497 e. The number of ether oxygens (including phenoxy) is 2. The SMILES string of the molecule is COc1ccc(NC(=O)CCCCN)c(OC)c1. The highest BCUT2D eigenvalue weighted by molar-refractivity contribution is 5.92. The zero-order chi connectivity index (χ0) is 13.4. The summed E-state index contributed by atoms with van der Waals surface area (Å²) < 4.78 is 10.3.